The molecule has 0 aromatic carbocycles. The van der Waals surface area contributed by atoms with E-state index in [0.29, 0.717) is 6.42 Å². The fraction of sp³-hybridized carbons (Fsp3) is 0.909. The van der Waals surface area contributed by atoms with Gasteiger partial charge in [-0.3, -0.25) is 4.79 Å². The number of hydrogen-bond donors (Lipinski definition) is 2. The van der Waals surface area contributed by atoms with Gasteiger partial charge in [-0.1, -0.05) is 20.3 Å². The molecule has 0 heterocycles. The normalized spacial score (nSPS) is 12.9. The maximum absolute atomic E-state index is 10.8. The van der Waals surface area contributed by atoms with Crippen molar-refractivity contribution in [3.05, 3.63) is 0 Å². The van der Waals surface area contributed by atoms with Crippen molar-refractivity contribution < 1.29 is 15.0 Å². The summed E-state index contributed by atoms with van der Waals surface area (Å²) in [7, 11) is 0. The van der Waals surface area contributed by atoms with Crippen molar-refractivity contribution in [1.82, 2.24) is 0 Å². The Balaban J connectivity index is 3.91. The highest BCUT2D eigenvalue weighted by Crippen LogP contribution is 2.28. The molecule has 0 bridgehead atoms. The molecule has 0 spiro atoms. The van der Waals surface area contributed by atoms with Gasteiger partial charge < -0.3 is 10.2 Å². The van der Waals surface area contributed by atoms with Crippen LogP contribution in [0.15, 0.2) is 0 Å². The van der Waals surface area contributed by atoms with Crippen LogP contribution in [0.1, 0.15) is 47.0 Å². The van der Waals surface area contributed by atoms with Crippen molar-refractivity contribution in [3.63, 3.8) is 0 Å². The molecule has 3 heteroatoms. The van der Waals surface area contributed by atoms with Gasteiger partial charge in [0.15, 0.2) is 0 Å². The zero-order valence-corrected chi connectivity index (χ0v) is 9.63. The number of carbonyl (C=O) groups is 1. The molecule has 3 nitrogen and oxygen atoms in total. The number of carboxylic acid groups (broad SMARTS) is 1. The monoisotopic (exact) mass is 202 g/mol. The molecule has 0 aromatic heterocycles. The van der Waals surface area contributed by atoms with E-state index in [1.807, 2.05) is 13.8 Å². The lowest BCUT2D eigenvalue weighted by atomic mass is 9.82. The van der Waals surface area contributed by atoms with Gasteiger partial charge in [0.05, 0.1) is 5.41 Å². The second kappa shape index (κ2) is 4.78. The first-order valence-electron chi connectivity index (χ1n) is 5.05. The Kier molecular flexibility index (Phi) is 4.59. The average molecular weight is 202 g/mol. The van der Waals surface area contributed by atoms with Crippen molar-refractivity contribution in [2.45, 2.75) is 47.0 Å². The van der Waals surface area contributed by atoms with E-state index in [-0.39, 0.29) is 12.0 Å². The van der Waals surface area contributed by atoms with E-state index < -0.39 is 11.4 Å². The molecule has 0 aromatic rings. The molecule has 84 valence electrons. The number of aliphatic carboxylic acids is 1. The third-order valence-electron chi connectivity index (χ3n) is 2.66. The predicted octanol–water partition coefficient (Wildman–Crippen LogP) is 2.29. The summed E-state index contributed by atoms with van der Waals surface area (Å²) in [4.78, 5) is 10.8. The number of carboxylic acids is 1. The van der Waals surface area contributed by atoms with Crippen LogP contribution in [-0.4, -0.2) is 22.8 Å². The quantitative estimate of drug-likeness (QED) is 0.694. The summed E-state index contributed by atoms with van der Waals surface area (Å²) in [5.41, 5.74) is -0.736. The summed E-state index contributed by atoms with van der Waals surface area (Å²) >= 11 is 0. The minimum absolute atomic E-state index is 0.0887. The van der Waals surface area contributed by atoms with Gasteiger partial charge in [0.25, 0.3) is 0 Å². The van der Waals surface area contributed by atoms with Crippen LogP contribution in [-0.2, 0) is 4.79 Å². The van der Waals surface area contributed by atoms with E-state index in [4.69, 9.17) is 10.2 Å². The lowest BCUT2D eigenvalue weighted by Crippen LogP contribution is -2.24. The molecule has 2 N–H and O–H groups in total. The summed E-state index contributed by atoms with van der Waals surface area (Å²) in [6.07, 6.45) is 2.36. The fourth-order valence-corrected chi connectivity index (χ4v) is 1.19. The first-order chi connectivity index (χ1) is 6.21. The SMILES string of the molecule is CC(C)(CO)CCCC(C)(C)C(=O)O. The Bertz CT molecular complexity index is 195. The molecular formula is C11H22O3. The Hall–Kier alpha value is -0.570. The predicted molar refractivity (Wildman–Crippen MR) is 56.1 cm³/mol. The van der Waals surface area contributed by atoms with Crippen LogP contribution in [0.2, 0.25) is 0 Å². The van der Waals surface area contributed by atoms with Gasteiger partial charge in [-0.05, 0) is 32.1 Å². The van der Waals surface area contributed by atoms with Crippen molar-refractivity contribution in [3.8, 4) is 0 Å². The molecule has 0 amide bonds. The van der Waals surface area contributed by atoms with Crippen LogP contribution < -0.4 is 0 Å². The van der Waals surface area contributed by atoms with E-state index in [0.717, 1.165) is 12.8 Å². The number of hydrogen-bond acceptors (Lipinski definition) is 2. The lowest BCUT2D eigenvalue weighted by Gasteiger charge is -2.24. The van der Waals surface area contributed by atoms with Gasteiger partial charge >= 0.3 is 5.97 Å². The van der Waals surface area contributed by atoms with Crippen LogP contribution in [0.4, 0.5) is 0 Å². The molecule has 0 saturated carbocycles. The highest BCUT2D eigenvalue weighted by Gasteiger charge is 2.27. The zero-order chi connectivity index (χ0) is 11.4. The van der Waals surface area contributed by atoms with Crippen molar-refractivity contribution in [1.29, 1.82) is 0 Å². The van der Waals surface area contributed by atoms with Gasteiger partial charge in [-0.2, -0.15) is 0 Å². The molecule has 0 aliphatic carbocycles. The second-order valence-electron chi connectivity index (χ2n) is 5.36. The standard InChI is InChI=1S/C11H22O3/c1-10(2,8-12)6-5-7-11(3,4)9(13)14/h12H,5-8H2,1-4H3,(H,13,14). The molecule has 0 unspecified atom stereocenters. The summed E-state index contributed by atoms with van der Waals surface area (Å²) in [6, 6.07) is 0. The third kappa shape index (κ3) is 4.61. The highest BCUT2D eigenvalue weighted by molar-refractivity contribution is 5.73. The number of aliphatic hydroxyl groups excluding tert-OH is 1. The second-order valence-corrected chi connectivity index (χ2v) is 5.36. The molecule has 0 atom stereocenters. The topological polar surface area (TPSA) is 57.5 Å². The van der Waals surface area contributed by atoms with Crippen LogP contribution >= 0.6 is 0 Å². The van der Waals surface area contributed by atoms with Crippen LogP contribution in [0.25, 0.3) is 0 Å². The zero-order valence-electron chi connectivity index (χ0n) is 9.63. The van der Waals surface area contributed by atoms with E-state index in [2.05, 4.69) is 0 Å². The molecule has 0 fully saturated rings. The van der Waals surface area contributed by atoms with Crippen LogP contribution in [0, 0.1) is 10.8 Å². The molecule has 14 heavy (non-hydrogen) atoms. The third-order valence-corrected chi connectivity index (χ3v) is 2.66. The molecule has 0 rings (SSSR count). The molecule has 0 radical (unpaired) electrons. The number of aliphatic hydroxyl groups is 1. The maximum atomic E-state index is 10.8. The molecule has 0 aliphatic heterocycles. The van der Waals surface area contributed by atoms with Crippen molar-refractivity contribution >= 4 is 5.97 Å². The summed E-state index contributed by atoms with van der Waals surface area (Å²) in [5, 5.41) is 17.9. The van der Waals surface area contributed by atoms with E-state index in [1.165, 1.54) is 0 Å². The summed E-state index contributed by atoms with van der Waals surface area (Å²) in [5.74, 6) is -0.751. The molecule has 0 aliphatic rings. The van der Waals surface area contributed by atoms with Gasteiger partial charge in [0.2, 0.25) is 0 Å². The largest absolute Gasteiger partial charge is 0.481 e. The van der Waals surface area contributed by atoms with Gasteiger partial charge in [0.1, 0.15) is 0 Å². The van der Waals surface area contributed by atoms with Gasteiger partial charge in [-0.25, -0.2) is 0 Å². The van der Waals surface area contributed by atoms with Gasteiger partial charge in [-0.15, -0.1) is 0 Å². The maximum Gasteiger partial charge on any atom is 0.309 e. The lowest BCUT2D eigenvalue weighted by molar-refractivity contribution is -0.147. The first-order valence-corrected chi connectivity index (χ1v) is 5.05. The highest BCUT2D eigenvalue weighted by atomic mass is 16.4. The summed E-state index contributed by atoms with van der Waals surface area (Å²) in [6.45, 7) is 7.60. The van der Waals surface area contributed by atoms with Crippen molar-refractivity contribution in [2.24, 2.45) is 10.8 Å². The Morgan fingerprint density at radius 3 is 2.00 bits per heavy atom. The van der Waals surface area contributed by atoms with E-state index in [9.17, 15) is 4.79 Å². The van der Waals surface area contributed by atoms with Crippen molar-refractivity contribution in [2.75, 3.05) is 6.61 Å². The Morgan fingerprint density at radius 2 is 1.64 bits per heavy atom. The van der Waals surface area contributed by atoms with Crippen LogP contribution in [0.5, 0.6) is 0 Å². The average Bonchev–Trinajstić information content (AvgIpc) is 2.03. The van der Waals surface area contributed by atoms with Gasteiger partial charge in [0, 0.05) is 6.61 Å². The fourth-order valence-electron chi connectivity index (χ4n) is 1.19. The van der Waals surface area contributed by atoms with Crippen LogP contribution in [0.3, 0.4) is 0 Å². The molecular weight excluding hydrogens is 180 g/mol. The Morgan fingerprint density at radius 1 is 1.14 bits per heavy atom. The first kappa shape index (κ1) is 13.4. The minimum Gasteiger partial charge on any atom is -0.481 e. The smallest absolute Gasteiger partial charge is 0.309 e. The van der Waals surface area contributed by atoms with E-state index in [1.54, 1.807) is 13.8 Å². The Labute approximate surface area is 86.1 Å². The summed E-state index contributed by atoms with van der Waals surface area (Å²) < 4.78 is 0. The number of rotatable bonds is 6. The minimum atomic E-state index is -0.751. The van der Waals surface area contributed by atoms with E-state index >= 15 is 0 Å². The molecule has 0 saturated heterocycles.